The minimum Gasteiger partial charge on any atom is -0.497 e. The van der Waals surface area contributed by atoms with Gasteiger partial charge in [0.2, 0.25) is 0 Å². The summed E-state index contributed by atoms with van der Waals surface area (Å²) in [5, 5.41) is 0. The van der Waals surface area contributed by atoms with Crippen molar-refractivity contribution in [3.63, 3.8) is 0 Å². The van der Waals surface area contributed by atoms with Crippen LogP contribution in [0.25, 0.3) is 0 Å². The fourth-order valence-electron chi connectivity index (χ4n) is 1.73. The summed E-state index contributed by atoms with van der Waals surface area (Å²) in [6, 6.07) is 7.34. The molecule has 2 nitrogen and oxygen atoms in total. The zero-order chi connectivity index (χ0) is 12.0. The minimum absolute atomic E-state index is 0.233. The topological polar surface area (TPSA) is 26.3 Å². The van der Waals surface area contributed by atoms with Crippen molar-refractivity contribution in [2.45, 2.75) is 33.1 Å². The molecule has 1 rings (SSSR count). The van der Waals surface area contributed by atoms with Gasteiger partial charge in [0.25, 0.3) is 0 Å². The maximum Gasteiger partial charge on any atom is 0.163 e. The van der Waals surface area contributed by atoms with E-state index in [4.69, 9.17) is 4.74 Å². The number of benzene rings is 1. The summed E-state index contributed by atoms with van der Waals surface area (Å²) in [6.07, 6.45) is 2.79. The fourth-order valence-corrected chi connectivity index (χ4v) is 1.73. The lowest BCUT2D eigenvalue weighted by Gasteiger charge is -2.11. The maximum absolute atomic E-state index is 11.9. The van der Waals surface area contributed by atoms with Gasteiger partial charge in [-0.3, -0.25) is 4.79 Å². The highest BCUT2D eigenvalue weighted by molar-refractivity contribution is 5.96. The number of hydrogen-bond donors (Lipinski definition) is 0. The van der Waals surface area contributed by atoms with Crippen LogP contribution in [0.4, 0.5) is 0 Å². The Balaban J connectivity index is 2.65. The molecule has 0 aliphatic carbocycles. The molecule has 1 aromatic carbocycles. The molecule has 0 unspecified atom stereocenters. The van der Waals surface area contributed by atoms with Gasteiger partial charge in [0.15, 0.2) is 5.78 Å². The van der Waals surface area contributed by atoms with E-state index in [-0.39, 0.29) is 5.78 Å². The third-order valence-corrected chi connectivity index (χ3v) is 3.04. The lowest BCUT2D eigenvalue weighted by atomic mass is 9.94. The molecule has 0 N–H and O–H groups in total. The van der Waals surface area contributed by atoms with E-state index < -0.39 is 0 Å². The average molecular weight is 220 g/mol. The molecule has 0 atom stereocenters. The summed E-state index contributed by atoms with van der Waals surface area (Å²) in [4.78, 5) is 11.9. The Morgan fingerprint density at radius 3 is 2.19 bits per heavy atom. The van der Waals surface area contributed by atoms with Gasteiger partial charge in [-0.25, -0.2) is 0 Å². The van der Waals surface area contributed by atoms with Crippen LogP contribution < -0.4 is 4.74 Å². The molecule has 2 heteroatoms. The van der Waals surface area contributed by atoms with E-state index in [0.29, 0.717) is 12.3 Å². The van der Waals surface area contributed by atoms with Crippen molar-refractivity contribution in [2.24, 2.45) is 5.92 Å². The van der Waals surface area contributed by atoms with Crippen LogP contribution in [0.1, 0.15) is 43.5 Å². The van der Waals surface area contributed by atoms with E-state index in [0.717, 1.165) is 24.2 Å². The normalized spacial score (nSPS) is 10.5. The third-order valence-electron chi connectivity index (χ3n) is 3.04. The molecule has 1 aromatic rings. The van der Waals surface area contributed by atoms with Crippen molar-refractivity contribution in [1.29, 1.82) is 0 Å². The number of carbonyl (C=O) groups is 1. The Hall–Kier alpha value is -1.31. The van der Waals surface area contributed by atoms with Crippen molar-refractivity contribution in [1.82, 2.24) is 0 Å². The molecule has 0 bridgehead atoms. The second kappa shape index (κ2) is 6.31. The Bertz CT molecular complexity index is 323. The standard InChI is InChI=1S/C14H20O2/c1-4-11(5-2)10-14(15)12-6-8-13(16-3)9-7-12/h6-9,11H,4-5,10H2,1-3H3. The van der Waals surface area contributed by atoms with Crippen LogP contribution in [0, 0.1) is 5.92 Å². The minimum atomic E-state index is 0.233. The molecule has 0 amide bonds. The van der Waals surface area contributed by atoms with E-state index in [1.807, 2.05) is 24.3 Å². The molecule has 0 saturated heterocycles. The highest BCUT2D eigenvalue weighted by Crippen LogP contribution is 2.18. The fraction of sp³-hybridized carbons (Fsp3) is 0.500. The third kappa shape index (κ3) is 3.37. The van der Waals surface area contributed by atoms with Crippen LogP contribution in [0.15, 0.2) is 24.3 Å². The second-order valence-corrected chi connectivity index (χ2v) is 4.04. The van der Waals surface area contributed by atoms with Crippen LogP contribution in [0.3, 0.4) is 0 Å². The first-order chi connectivity index (χ1) is 7.71. The molecule has 0 aliphatic rings. The first kappa shape index (κ1) is 12.8. The molecule has 16 heavy (non-hydrogen) atoms. The summed E-state index contributed by atoms with van der Waals surface area (Å²) < 4.78 is 5.06. The van der Waals surface area contributed by atoms with E-state index in [2.05, 4.69) is 13.8 Å². The summed E-state index contributed by atoms with van der Waals surface area (Å²) in [5.74, 6) is 1.53. The first-order valence-electron chi connectivity index (χ1n) is 5.88. The van der Waals surface area contributed by atoms with Crippen molar-refractivity contribution < 1.29 is 9.53 Å². The number of Topliss-reactive ketones (excluding diaryl/α,β-unsaturated/α-hetero) is 1. The molecule has 0 fully saturated rings. The monoisotopic (exact) mass is 220 g/mol. The molecular formula is C14H20O2. The molecule has 0 aromatic heterocycles. The van der Waals surface area contributed by atoms with E-state index in [9.17, 15) is 4.79 Å². The van der Waals surface area contributed by atoms with Crippen LogP contribution in [-0.4, -0.2) is 12.9 Å². The number of ether oxygens (including phenoxy) is 1. The number of rotatable bonds is 6. The first-order valence-corrected chi connectivity index (χ1v) is 5.88. The van der Waals surface area contributed by atoms with Gasteiger partial charge >= 0.3 is 0 Å². The largest absolute Gasteiger partial charge is 0.497 e. The summed E-state index contributed by atoms with van der Waals surface area (Å²) >= 11 is 0. The van der Waals surface area contributed by atoms with Crippen LogP contribution in [0.5, 0.6) is 5.75 Å². The van der Waals surface area contributed by atoms with E-state index in [1.54, 1.807) is 7.11 Å². The quantitative estimate of drug-likeness (QED) is 0.683. The Labute approximate surface area is 97.6 Å². The van der Waals surface area contributed by atoms with Crippen LogP contribution in [0.2, 0.25) is 0 Å². The predicted octanol–water partition coefficient (Wildman–Crippen LogP) is 3.70. The molecule has 0 saturated carbocycles. The molecular weight excluding hydrogens is 200 g/mol. The Kier molecular flexibility index (Phi) is 5.03. The second-order valence-electron chi connectivity index (χ2n) is 4.04. The van der Waals surface area contributed by atoms with Gasteiger partial charge in [0, 0.05) is 12.0 Å². The van der Waals surface area contributed by atoms with Gasteiger partial charge in [0.05, 0.1) is 7.11 Å². The van der Waals surface area contributed by atoms with Gasteiger partial charge in [-0.2, -0.15) is 0 Å². The average Bonchev–Trinajstić information content (AvgIpc) is 2.35. The van der Waals surface area contributed by atoms with Crippen molar-refractivity contribution in [2.75, 3.05) is 7.11 Å². The molecule has 0 heterocycles. The summed E-state index contributed by atoms with van der Waals surface area (Å²) in [7, 11) is 1.63. The maximum atomic E-state index is 11.9. The lowest BCUT2D eigenvalue weighted by molar-refractivity contribution is 0.0958. The van der Waals surface area contributed by atoms with Gasteiger partial charge in [-0.05, 0) is 30.2 Å². The SMILES string of the molecule is CCC(CC)CC(=O)c1ccc(OC)cc1. The highest BCUT2D eigenvalue weighted by Gasteiger charge is 2.12. The van der Waals surface area contributed by atoms with Gasteiger partial charge < -0.3 is 4.74 Å². The van der Waals surface area contributed by atoms with Crippen molar-refractivity contribution >= 4 is 5.78 Å². The number of ketones is 1. The van der Waals surface area contributed by atoms with E-state index >= 15 is 0 Å². The van der Waals surface area contributed by atoms with Crippen LogP contribution in [-0.2, 0) is 0 Å². The van der Waals surface area contributed by atoms with Gasteiger partial charge in [0.1, 0.15) is 5.75 Å². The lowest BCUT2D eigenvalue weighted by Crippen LogP contribution is -2.07. The predicted molar refractivity (Wildman–Crippen MR) is 66.0 cm³/mol. The number of carbonyl (C=O) groups excluding carboxylic acids is 1. The zero-order valence-corrected chi connectivity index (χ0v) is 10.3. The van der Waals surface area contributed by atoms with Gasteiger partial charge in [-0.1, -0.05) is 26.7 Å². The van der Waals surface area contributed by atoms with Crippen molar-refractivity contribution in [3.05, 3.63) is 29.8 Å². The van der Waals surface area contributed by atoms with E-state index in [1.165, 1.54) is 0 Å². The highest BCUT2D eigenvalue weighted by atomic mass is 16.5. The van der Waals surface area contributed by atoms with Crippen molar-refractivity contribution in [3.8, 4) is 5.75 Å². The zero-order valence-electron chi connectivity index (χ0n) is 10.3. The Morgan fingerprint density at radius 2 is 1.75 bits per heavy atom. The summed E-state index contributed by atoms with van der Waals surface area (Å²) in [6.45, 7) is 4.27. The molecule has 0 radical (unpaired) electrons. The van der Waals surface area contributed by atoms with Gasteiger partial charge in [-0.15, -0.1) is 0 Å². The molecule has 0 aliphatic heterocycles. The smallest absolute Gasteiger partial charge is 0.163 e. The molecule has 88 valence electrons. The Morgan fingerprint density at radius 1 is 1.19 bits per heavy atom. The number of methoxy groups -OCH3 is 1. The molecule has 0 spiro atoms. The van der Waals surface area contributed by atoms with Crippen LogP contribution >= 0.6 is 0 Å². The number of hydrogen-bond acceptors (Lipinski definition) is 2. The summed E-state index contributed by atoms with van der Waals surface area (Å²) in [5.41, 5.74) is 0.785.